The maximum Gasteiger partial charge on any atom is 0.220 e. The highest BCUT2D eigenvalue weighted by Crippen LogP contribution is 2.30. The van der Waals surface area contributed by atoms with Gasteiger partial charge in [-0.05, 0) is 77.7 Å². The van der Waals surface area contributed by atoms with Crippen molar-refractivity contribution in [3.8, 4) is 22.5 Å². The molecular weight excluding hydrogens is 381 g/mol. The van der Waals surface area contributed by atoms with Crippen LogP contribution in [0.5, 0.6) is 0 Å². The van der Waals surface area contributed by atoms with E-state index in [1.807, 2.05) is 6.07 Å². The summed E-state index contributed by atoms with van der Waals surface area (Å²) in [6.45, 7) is -1.32. The van der Waals surface area contributed by atoms with Gasteiger partial charge in [-0.25, -0.2) is 13.2 Å². The first-order valence-electron chi connectivity index (χ1n) is 9.20. The molecule has 3 N–H and O–H groups in total. The maximum atomic E-state index is 13.3. The van der Waals surface area contributed by atoms with E-state index in [0.717, 1.165) is 28.1 Å². The fraction of sp³-hybridized carbons (Fsp3) is 0.227. The van der Waals surface area contributed by atoms with Gasteiger partial charge in [0, 0.05) is 17.8 Å². The third kappa shape index (κ3) is 5.26. The fourth-order valence-electron chi connectivity index (χ4n) is 3.03. The largest absolute Gasteiger partial charge is 0.394 e. The number of nitrogens with one attached hydrogen (secondary N) is 2. The summed E-state index contributed by atoms with van der Waals surface area (Å²) in [4.78, 5) is 15.3. The van der Waals surface area contributed by atoms with Crippen molar-refractivity contribution in [3.63, 3.8) is 0 Å². The Morgan fingerprint density at radius 1 is 1.00 bits per heavy atom. The predicted molar refractivity (Wildman–Crippen MR) is 105 cm³/mol. The second-order valence-electron chi connectivity index (χ2n) is 6.70. The quantitative estimate of drug-likeness (QED) is 0.533. The van der Waals surface area contributed by atoms with Crippen LogP contribution in [-0.2, 0) is 11.2 Å². The van der Waals surface area contributed by atoms with Crippen LogP contribution in [-0.4, -0.2) is 35.3 Å². The summed E-state index contributed by atoms with van der Waals surface area (Å²) in [6, 6.07) is 12.9. The number of halogens is 3. The number of rotatable bonds is 8. The summed E-state index contributed by atoms with van der Waals surface area (Å²) in [5.41, 5.74) is 3.78. The second-order valence-corrected chi connectivity index (χ2v) is 6.70. The van der Waals surface area contributed by atoms with Crippen LogP contribution in [0.3, 0.4) is 0 Å². The standard InChI is InChI=1S/C22H21F3N2O2/c23-12-19(13-28)26-21(29)10-5-16-11-20(14-1-6-17(24)7-2-14)27-22(16)15-3-8-18(25)9-4-15/h1-4,6-9,11,19,27-28H,5,10,12-13H2,(H,26,29)/t19-/m1/s1. The van der Waals surface area contributed by atoms with Crippen LogP contribution in [0, 0.1) is 11.6 Å². The number of aliphatic hydroxyl groups excluding tert-OH is 1. The summed E-state index contributed by atoms with van der Waals surface area (Å²) in [6.07, 6.45) is 0.437. The van der Waals surface area contributed by atoms with E-state index < -0.39 is 19.3 Å². The molecule has 152 valence electrons. The van der Waals surface area contributed by atoms with E-state index in [4.69, 9.17) is 5.11 Å². The third-order valence-electron chi connectivity index (χ3n) is 4.58. The number of benzene rings is 2. The van der Waals surface area contributed by atoms with Crippen LogP contribution in [0.15, 0.2) is 54.6 Å². The lowest BCUT2D eigenvalue weighted by Crippen LogP contribution is -2.39. The molecule has 1 aromatic heterocycles. The van der Waals surface area contributed by atoms with E-state index in [1.165, 1.54) is 24.3 Å². The minimum atomic E-state index is -0.917. The third-order valence-corrected chi connectivity index (χ3v) is 4.58. The molecule has 0 radical (unpaired) electrons. The van der Waals surface area contributed by atoms with Gasteiger partial charge in [0.25, 0.3) is 0 Å². The van der Waals surface area contributed by atoms with Crippen molar-refractivity contribution in [1.29, 1.82) is 0 Å². The van der Waals surface area contributed by atoms with Gasteiger partial charge >= 0.3 is 0 Å². The first-order valence-corrected chi connectivity index (χ1v) is 9.20. The summed E-state index contributed by atoms with van der Waals surface area (Å²) in [5.74, 6) is -1.08. The number of aliphatic hydroxyl groups is 1. The van der Waals surface area contributed by atoms with E-state index >= 15 is 0 Å². The van der Waals surface area contributed by atoms with Crippen LogP contribution in [0.25, 0.3) is 22.5 Å². The Hall–Kier alpha value is -3.06. The lowest BCUT2D eigenvalue weighted by Gasteiger charge is -2.12. The van der Waals surface area contributed by atoms with Crippen LogP contribution in [0.4, 0.5) is 13.2 Å². The number of H-pyrrole nitrogens is 1. The molecule has 1 amide bonds. The normalized spacial score (nSPS) is 12.0. The summed E-state index contributed by atoms with van der Waals surface area (Å²) >= 11 is 0. The molecule has 29 heavy (non-hydrogen) atoms. The van der Waals surface area contributed by atoms with E-state index in [1.54, 1.807) is 24.3 Å². The van der Waals surface area contributed by atoms with Gasteiger partial charge in [0.15, 0.2) is 0 Å². The molecule has 1 heterocycles. The molecule has 7 heteroatoms. The average molecular weight is 402 g/mol. The van der Waals surface area contributed by atoms with Crippen molar-refractivity contribution in [2.45, 2.75) is 18.9 Å². The van der Waals surface area contributed by atoms with Gasteiger partial charge in [0.1, 0.15) is 18.3 Å². The Kier molecular flexibility index (Phi) is 6.72. The summed E-state index contributed by atoms with van der Waals surface area (Å²) < 4.78 is 39.2. The number of amides is 1. The van der Waals surface area contributed by atoms with Gasteiger partial charge in [-0.15, -0.1) is 0 Å². The number of carbonyl (C=O) groups is 1. The van der Waals surface area contributed by atoms with Gasteiger partial charge in [0.05, 0.1) is 12.6 Å². The van der Waals surface area contributed by atoms with Crippen molar-refractivity contribution in [2.24, 2.45) is 0 Å². The van der Waals surface area contributed by atoms with E-state index in [9.17, 15) is 18.0 Å². The zero-order valence-corrected chi connectivity index (χ0v) is 15.6. The molecule has 3 rings (SSSR count). The highest BCUT2D eigenvalue weighted by Gasteiger charge is 2.15. The molecule has 0 fully saturated rings. The maximum absolute atomic E-state index is 13.3. The second kappa shape index (κ2) is 9.43. The topological polar surface area (TPSA) is 65.1 Å². The molecule has 0 aliphatic heterocycles. The van der Waals surface area contributed by atoms with E-state index in [2.05, 4.69) is 10.3 Å². The monoisotopic (exact) mass is 402 g/mol. The van der Waals surface area contributed by atoms with Crippen molar-refractivity contribution >= 4 is 5.91 Å². The summed E-state index contributed by atoms with van der Waals surface area (Å²) in [5, 5.41) is 11.4. The number of aromatic amines is 1. The Morgan fingerprint density at radius 2 is 1.59 bits per heavy atom. The molecule has 0 bridgehead atoms. The lowest BCUT2D eigenvalue weighted by atomic mass is 10.0. The Balaban J connectivity index is 1.86. The fourth-order valence-corrected chi connectivity index (χ4v) is 3.03. The summed E-state index contributed by atoms with van der Waals surface area (Å²) in [7, 11) is 0. The van der Waals surface area contributed by atoms with E-state index in [0.29, 0.717) is 6.42 Å². The highest BCUT2D eigenvalue weighted by molar-refractivity contribution is 5.78. The number of hydrogen-bond donors (Lipinski definition) is 3. The van der Waals surface area contributed by atoms with Crippen molar-refractivity contribution in [2.75, 3.05) is 13.3 Å². The molecule has 0 saturated carbocycles. The molecule has 0 unspecified atom stereocenters. The number of aryl methyl sites for hydroxylation is 1. The average Bonchev–Trinajstić information content (AvgIpc) is 3.15. The van der Waals surface area contributed by atoms with Crippen molar-refractivity contribution in [1.82, 2.24) is 10.3 Å². The molecule has 4 nitrogen and oxygen atoms in total. The number of aromatic nitrogens is 1. The smallest absolute Gasteiger partial charge is 0.220 e. The predicted octanol–water partition coefficient (Wildman–Crippen LogP) is 4.01. The minimum Gasteiger partial charge on any atom is -0.394 e. The Labute approximate surface area is 166 Å². The van der Waals surface area contributed by atoms with Gasteiger partial charge in [-0.2, -0.15) is 0 Å². The molecular formula is C22H21F3N2O2. The van der Waals surface area contributed by atoms with Crippen LogP contribution in [0.2, 0.25) is 0 Å². The Morgan fingerprint density at radius 3 is 2.14 bits per heavy atom. The van der Waals surface area contributed by atoms with E-state index in [-0.39, 0.29) is 24.0 Å². The van der Waals surface area contributed by atoms with Crippen molar-refractivity contribution in [3.05, 3.63) is 71.8 Å². The SMILES string of the molecule is O=C(CCc1cc(-c2ccc(F)cc2)[nH]c1-c1ccc(F)cc1)N[C@@H](CO)CF. The zero-order chi connectivity index (χ0) is 20.8. The minimum absolute atomic E-state index is 0.0887. The molecule has 3 aromatic rings. The first kappa shape index (κ1) is 20.7. The van der Waals surface area contributed by atoms with Gasteiger partial charge < -0.3 is 15.4 Å². The highest BCUT2D eigenvalue weighted by atomic mass is 19.1. The molecule has 0 aliphatic carbocycles. The van der Waals surface area contributed by atoms with Crippen molar-refractivity contribution < 1.29 is 23.1 Å². The molecule has 0 aliphatic rings. The van der Waals surface area contributed by atoms with Gasteiger partial charge in [-0.1, -0.05) is 0 Å². The number of carbonyl (C=O) groups excluding carboxylic acids is 1. The zero-order valence-electron chi connectivity index (χ0n) is 15.6. The van der Waals surface area contributed by atoms with Gasteiger partial charge in [-0.3, -0.25) is 4.79 Å². The lowest BCUT2D eigenvalue weighted by molar-refractivity contribution is -0.122. The number of alkyl halides is 1. The molecule has 0 spiro atoms. The first-order chi connectivity index (χ1) is 14.0. The van der Waals surface area contributed by atoms with Gasteiger partial charge in [0.2, 0.25) is 5.91 Å². The Bertz CT molecular complexity index is 949. The van der Waals surface area contributed by atoms with Crippen LogP contribution < -0.4 is 5.32 Å². The molecule has 1 atom stereocenters. The van der Waals surface area contributed by atoms with Crippen LogP contribution in [0.1, 0.15) is 12.0 Å². The number of hydrogen-bond acceptors (Lipinski definition) is 2. The van der Waals surface area contributed by atoms with Crippen LogP contribution >= 0.6 is 0 Å². The molecule has 0 saturated heterocycles. The molecule has 2 aromatic carbocycles.